The van der Waals surface area contributed by atoms with Gasteiger partial charge in [0.15, 0.2) is 0 Å². The maximum Gasteiger partial charge on any atom is 0.513 e. The summed E-state index contributed by atoms with van der Waals surface area (Å²) in [6.45, 7) is 0. The lowest BCUT2D eigenvalue weighted by atomic mass is 11.6. The third-order valence-corrected chi connectivity index (χ3v) is 8.64. The average Bonchev–Trinajstić information content (AvgIpc) is 2.25. The number of halogens is 6. The first-order valence-electron chi connectivity index (χ1n) is 4.14. The minimum absolute atomic E-state index is 0.190. The molecule has 0 N–H and O–H groups in total. The van der Waals surface area contributed by atoms with Gasteiger partial charge in [-0.1, -0.05) is 0 Å². The highest BCUT2D eigenvalue weighted by molar-refractivity contribution is 8.10. The molecule has 0 unspecified atom stereocenters. The fraction of sp³-hybridized carbons (Fsp3) is 1.00. The first kappa shape index (κ1) is 20.6. The summed E-state index contributed by atoms with van der Waals surface area (Å²) in [5.41, 5.74) is -13.0. The van der Waals surface area contributed by atoms with Gasteiger partial charge in [-0.3, -0.25) is 9.05 Å². The molecular formula is C4H6F6NO7PS2. The zero-order chi connectivity index (χ0) is 17.5. The van der Waals surface area contributed by atoms with Crippen LogP contribution in [-0.4, -0.2) is 45.6 Å². The van der Waals surface area contributed by atoms with E-state index < -0.39 is 42.3 Å². The predicted octanol–water partition coefficient (Wildman–Crippen LogP) is 1.39. The summed E-state index contributed by atoms with van der Waals surface area (Å²) in [4.78, 5) is 0. The van der Waals surface area contributed by atoms with Crippen molar-refractivity contribution in [3.05, 3.63) is 0 Å². The van der Waals surface area contributed by atoms with Crippen LogP contribution in [-0.2, 0) is 33.7 Å². The van der Waals surface area contributed by atoms with Crippen LogP contribution < -0.4 is 0 Å². The lowest BCUT2D eigenvalue weighted by Gasteiger charge is -2.27. The van der Waals surface area contributed by atoms with E-state index in [4.69, 9.17) is 0 Å². The van der Waals surface area contributed by atoms with Crippen LogP contribution >= 0.6 is 7.75 Å². The fourth-order valence-corrected chi connectivity index (χ4v) is 6.55. The Hall–Kier alpha value is -0.410. The molecule has 0 aliphatic carbocycles. The van der Waals surface area contributed by atoms with E-state index in [1.165, 1.54) is 0 Å². The van der Waals surface area contributed by atoms with Crippen LogP contribution in [0.2, 0.25) is 0 Å². The van der Waals surface area contributed by atoms with Crippen molar-refractivity contribution in [1.29, 1.82) is 0 Å². The molecule has 0 bridgehead atoms. The molecule has 0 aromatic heterocycles. The van der Waals surface area contributed by atoms with Crippen molar-refractivity contribution in [2.75, 3.05) is 14.2 Å². The third kappa shape index (κ3) is 3.50. The summed E-state index contributed by atoms with van der Waals surface area (Å²) in [7, 11) is -20.1. The van der Waals surface area contributed by atoms with Crippen molar-refractivity contribution < 1.29 is 56.8 Å². The predicted molar refractivity (Wildman–Crippen MR) is 53.4 cm³/mol. The first-order chi connectivity index (χ1) is 8.99. The van der Waals surface area contributed by atoms with Crippen LogP contribution in [0.4, 0.5) is 26.3 Å². The molecule has 128 valence electrons. The van der Waals surface area contributed by atoms with Gasteiger partial charge in [0.1, 0.15) is 0 Å². The Labute approximate surface area is 114 Å². The van der Waals surface area contributed by atoms with Gasteiger partial charge in [-0.15, -0.1) is 0 Å². The van der Waals surface area contributed by atoms with Gasteiger partial charge in [0.2, 0.25) is 0 Å². The Balaban J connectivity index is 6.73. The molecule has 0 saturated heterocycles. The number of rotatable bonds is 5. The monoisotopic (exact) mass is 389 g/mol. The molecule has 0 amide bonds. The van der Waals surface area contributed by atoms with Crippen molar-refractivity contribution in [3.63, 3.8) is 0 Å². The molecule has 0 saturated carbocycles. The van der Waals surface area contributed by atoms with Crippen molar-refractivity contribution in [2.45, 2.75) is 11.0 Å². The maximum atomic E-state index is 12.3. The SMILES string of the molecule is COP(=O)(OC)N(S(=O)(=O)C(F)(F)F)S(=O)(=O)C(F)(F)F. The highest BCUT2D eigenvalue weighted by Crippen LogP contribution is 2.58. The highest BCUT2D eigenvalue weighted by atomic mass is 32.3. The molecule has 0 aliphatic rings. The topological polar surface area (TPSA) is 107 Å². The molecule has 0 heterocycles. The maximum absolute atomic E-state index is 12.3. The number of hydrogen-bond donors (Lipinski definition) is 0. The van der Waals surface area contributed by atoms with E-state index in [9.17, 15) is 47.7 Å². The molecule has 0 aromatic rings. The van der Waals surface area contributed by atoms with Gasteiger partial charge in [-0.25, -0.2) is 21.4 Å². The van der Waals surface area contributed by atoms with Crippen LogP contribution in [0.25, 0.3) is 0 Å². The van der Waals surface area contributed by atoms with Crippen LogP contribution in [0.5, 0.6) is 0 Å². The minimum atomic E-state index is -7.25. The van der Waals surface area contributed by atoms with Crippen LogP contribution in [0.1, 0.15) is 0 Å². The van der Waals surface area contributed by atoms with E-state index >= 15 is 0 Å². The Kier molecular flexibility index (Phi) is 5.55. The second-order valence-corrected chi connectivity index (χ2v) is 9.31. The van der Waals surface area contributed by atoms with Gasteiger partial charge < -0.3 is 0 Å². The zero-order valence-electron chi connectivity index (χ0n) is 9.84. The summed E-state index contributed by atoms with van der Waals surface area (Å²) in [6.07, 6.45) is 0. The quantitative estimate of drug-likeness (QED) is 0.517. The lowest BCUT2D eigenvalue weighted by Crippen LogP contribution is -2.47. The smallest absolute Gasteiger partial charge is 0.299 e. The molecule has 17 heteroatoms. The largest absolute Gasteiger partial charge is 0.513 e. The second kappa shape index (κ2) is 5.66. The van der Waals surface area contributed by atoms with E-state index in [-0.39, 0.29) is 14.2 Å². The standard InChI is InChI=1S/C4H6F6NO7PS2/c1-17-19(12,18-2)11(20(13,14)3(5,6)7)21(15,16)4(8,9)10/h1-2H3. The van der Waals surface area contributed by atoms with Crippen molar-refractivity contribution >= 4 is 27.8 Å². The molecule has 21 heavy (non-hydrogen) atoms. The first-order valence-corrected chi connectivity index (χ1v) is 8.51. The molecule has 0 rings (SSSR count). The van der Waals surface area contributed by atoms with E-state index in [0.717, 1.165) is 0 Å². The van der Waals surface area contributed by atoms with Crippen LogP contribution in [0, 0.1) is 0 Å². The van der Waals surface area contributed by atoms with Gasteiger partial charge in [0.25, 0.3) is 0 Å². The molecule has 0 atom stereocenters. The summed E-state index contributed by atoms with van der Waals surface area (Å²) < 4.78 is 134. The van der Waals surface area contributed by atoms with E-state index in [0.29, 0.717) is 0 Å². The highest BCUT2D eigenvalue weighted by Gasteiger charge is 2.68. The molecule has 0 aromatic carbocycles. The fourth-order valence-electron chi connectivity index (χ4n) is 0.777. The van der Waals surface area contributed by atoms with Gasteiger partial charge in [0.05, 0.1) is 0 Å². The molecule has 0 spiro atoms. The second-order valence-electron chi connectivity index (χ2n) is 2.91. The Morgan fingerprint density at radius 1 is 0.810 bits per heavy atom. The molecule has 0 fully saturated rings. The summed E-state index contributed by atoms with van der Waals surface area (Å²) in [5, 5.41) is 0. The number of alkyl halides is 6. The molecular weight excluding hydrogens is 383 g/mol. The molecule has 0 aliphatic heterocycles. The Morgan fingerprint density at radius 2 is 1.05 bits per heavy atom. The van der Waals surface area contributed by atoms with Crippen molar-refractivity contribution in [1.82, 2.24) is 3.48 Å². The molecule has 8 nitrogen and oxygen atoms in total. The average molecular weight is 389 g/mol. The number of nitrogens with zero attached hydrogens (tertiary/aromatic N) is 1. The van der Waals surface area contributed by atoms with Crippen LogP contribution in [0.3, 0.4) is 0 Å². The van der Waals surface area contributed by atoms with E-state index in [1.807, 2.05) is 0 Å². The number of hydrogen-bond acceptors (Lipinski definition) is 7. The summed E-state index contributed by atoms with van der Waals surface area (Å²) >= 11 is 0. The third-order valence-electron chi connectivity index (χ3n) is 1.66. The normalized spacial score (nSPS) is 15.5. The van der Waals surface area contributed by atoms with Gasteiger partial charge >= 0.3 is 38.8 Å². The number of sulfonamides is 2. The Bertz CT molecular complexity index is 583. The summed E-state index contributed by atoms with van der Waals surface area (Å²) in [6, 6.07) is 0. The minimum Gasteiger partial charge on any atom is -0.299 e. The van der Waals surface area contributed by atoms with E-state index in [1.54, 1.807) is 0 Å². The van der Waals surface area contributed by atoms with E-state index in [2.05, 4.69) is 9.05 Å². The van der Waals surface area contributed by atoms with Gasteiger partial charge in [-0.05, 0) is 0 Å². The van der Waals surface area contributed by atoms with Gasteiger partial charge in [-0.2, -0.15) is 26.3 Å². The van der Waals surface area contributed by atoms with Crippen molar-refractivity contribution in [3.8, 4) is 0 Å². The van der Waals surface area contributed by atoms with Crippen molar-refractivity contribution in [2.24, 2.45) is 0 Å². The zero-order valence-corrected chi connectivity index (χ0v) is 12.4. The van der Waals surface area contributed by atoms with Crippen LogP contribution in [0.15, 0.2) is 0 Å². The van der Waals surface area contributed by atoms with Gasteiger partial charge in [0, 0.05) is 17.7 Å². The molecule has 0 radical (unpaired) electrons. The lowest BCUT2D eigenvalue weighted by molar-refractivity contribution is -0.0515. The summed E-state index contributed by atoms with van der Waals surface area (Å²) in [5.74, 6) is 0. The Morgan fingerprint density at radius 3 is 1.19 bits per heavy atom.